The summed E-state index contributed by atoms with van der Waals surface area (Å²) in [6, 6.07) is 21.6. The highest BCUT2D eigenvalue weighted by Gasteiger charge is 2.39. The Bertz CT molecular complexity index is 1450. The Morgan fingerprint density at radius 2 is 1.77 bits per heavy atom. The molecule has 0 saturated heterocycles. The summed E-state index contributed by atoms with van der Waals surface area (Å²) in [5, 5.41) is 13.6. The van der Waals surface area contributed by atoms with E-state index in [9.17, 15) is 9.90 Å². The molecule has 3 aromatic carbocycles. The zero-order chi connectivity index (χ0) is 27.4. The van der Waals surface area contributed by atoms with Gasteiger partial charge in [-0.05, 0) is 61.7 Å². The van der Waals surface area contributed by atoms with Gasteiger partial charge in [-0.3, -0.25) is 0 Å². The topological polar surface area (TPSA) is 61.6 Å². The van der Waals surface area contributed by atoms with E-state index >= 15 is 0 Å². The van der Waals surface area contributed by atoms with Gasteiger partial charge < -0.3 is 15.2 Å². The van der Waals surface area contributed by atoms with Gasteiger partial charge in [0.15, 0.2) is 0 Å². The van der Waals surface area contributed by atoms with E-state index in [0.29, 0.717) is 5.56 Å². The van der Waals surface area contributed by atoms with Gasteiger partial charge in [0.1, 0.15) is 24.6 Å². The van der Waals surface area contributed by atoms with Gasteiger partial charge in [0.2, 0.25) is 5.71 Å². The van der Waals surface area contributed by atoms with Crippen LogP contribution in [0.25, 0.3) is 0 Å². The van der Waals surface area contributed by atoms with Crippen LogP contribution >= 0.6 is 0 Å². The Hall–Kier alpha value is -4.12. The van der Waals surface area contributed by atoms with Gasteiger partial charge in [-0.15, -0.1) is 0 Å². The smallest absolute Gasteiger partial charge is 0.335 e. The first-order valence-corrected chi connectivity index (χ1v) is 14.0. The number of nitrogens with zero attached hydrogens (tertiary/aromatic N) is 1. The number of aromatic carboxylic acids is 1. The molecule has 0 saturated carbocycles. The van der Waals surface area contributed by atoms with Crippen LogP contribution in [-0.4, -0.2) is 34.5 Å². The molecule has 5 nitrogen and oxygen atoms in total. The van der Waals surface area contributed by atoms with E-state index < -0.39 is 5.97 Å². The Kier molecular flexibility index (Phi) is 7.97. The molecule has 2 N–H and O–H groups in total. The molecule has 3 aromatic rings. The van der Waals surface area contributed by atoms with Crippen LogP contribution in [0.1, 0.15) is 66.1 Å². The average molecular weight is 522 g/mol. The lowest BCUT2D eigenvalue weighted by Crippen LogP contribution is -2.30. The highest BCUT2D eigenvalue weighted by molar-refractivity contribution is 6.02. The van der Waals surface area contributed by atoms with E-state index in [1.54, 1.807) is 12.1 Å². The lowest BCUT2D eigenvalue weighted by atomic mass is 9.74. The van der Waals surface area contributed by atoms with Crippen LogP contribution in [0.4, 0.5) is 11.4 Å². The molecule has 2 atom stereocenters. The normalized spacial score (nSPS) is 18.9. The molecule has 1 aliphatic carbocycles. The van der Waals surface area contributed by atoms with E-state index in [4.69, 9.17) is 4.74 Å². The zero-order valence-electron chi connectivity index (χ0n) is 23.0. The number of fused-ring (bicyclic) bond motifs is 2. The fraction of sp³-hybridized carbons (Fsp3) is 0.294. The van der Waals surface area contributed by atoms with Gasteiger partial charge in [-0.1, -0.05) is 55.8 Å². The second-order valence-corrected chi connectivity index (χ2v) is 10.3. The number of carboxylic acids is 1. The van der Waals surface area contributed by atoms with E-state index in [2.05, 4.69) is 61.0 Å². The van der Waals surface area contributed by atoms with Gasteiger partial charge >= 0.3 is 5.97 Å². The van der Waals surface area contributed by atoms with Crippen molar-refractivity contribution in [1.29, 1.82) is 0 Å². The largest absolute Gasteiger partial charge is 0.478 e. The van der Waals surface area contributed by atoms with Crippen molar-refractivity contribution in [2.24, 2.45) is 5.92 Å². The van der Waals surface area contributed by atoms with Gasteiger partial charge in [-0.25, -0.2) is 9.37 Å². The Balaban J connectivity index is 1.63. The van der Waals surface area contributed by atoms with Crippen LogP contribution in [0.15, 0.2) is 90.7 Å². The molecule has 1 heterocycles. The number of anilines is 2. The second-order valence-electron chi connectivity index (χ2n) is 10.3. The van der Waals surface area contributed by atoms with Gasteiger partial charge in [0.25, 0.3) is 0 Å². The summed E-state index contributed by atoms with van der Waals surface area (Å²) in [4.78, 5) is 12.3. The maximum atomic E-state index is 12.3. The number of para-hydroxylation sites is 1. The number of benzene rings is 3. The number of carboxylic acid groups (broad SMARTS) is 1. The maximum Gasteiger partial charge on any atom is 0.335 e. The van der Waals surface area contributed by atoms with Crippen molar-refractivity contribution in [1.82, 2.24) is 0 Å². The average Bonchev–Trinajstić information content (AvgIpc) is 2.95. The van der Waals surface area contributed by atoms with Crippen LogP contribution in [0, 0.1) is 12.8 Å². The third kappa shape index (κ3) is 5.53. The van der Waals surface area contributed by atoms with Crippen molar-refractivity contribution in [3.05, 3.63) is 113 Å². The minimum atomic E-state index is -0.918. The van der Waals surface area contributed by atoms with Crippen LogP contribution in [0.2, 0.25) is 0 Å². The molecule has 5 rings (SSSR count). The summed E-state index contributed by atoms with van der Waals surface area (Å²) < 4.78 is 9.01. The van der Waals surface area contributed by atoms with E-state index in [1.165, 1.54) is 12.8 Å². The van der Waals surface area contributed by atoms with Crippen LogP contribution < -0.4 is 10.1 Å². The molecule has 5 heteroatoms. The number of ether oxygens (including phenoxy) is 1. The van der Waals surface area contributed by atoms with Crippen LogP contribution in [-0.2, 0) is 0 Å². The zero-order valence-corrected chi connectivity index (χ0v) is 23.0. The molecule has 0 radical (unpaired) electrons. The molecule has 0 aromatic heterocycles. The van der Waals surface area contributed by atoms with E-state index in [0.717, 1.165) is 64.8 Å². The lowest BCUT2D eigenvalue weighted by molar-refractivity contribution is -0.523. The predicted molar refractivity (Wildman–Crippen MR) is 158 cm³/mol. The van der Waals surface area contributed by atoms with Crippen molar-refractivity contribution in [3.63, 3.8) is 0 Å². The number of unbranched alkanes of at least 4 members (excludes halogenated alkanes) is 2. The molecule has 0 spiro atoms. The minimum absolute atomic E-state index is 0.108. The highest BCUT2D eigenvalue weighted by Crippen LogP contribution is 2.49. The van der Waals surface area contributed by atoms with Crippen molar-refractivity contribution in [2.75, 3.05) is 18.4 Å². The van der Waals surface area contributed by atoms with Gasteiger partial charge in [0, 0.05) is 47.3 Å². The molecular weight excluding hydrogens is 484 g/mol. The minimum Gasteiger partial charge on any atom is -0.478 e. The molecule has 200 valence electrons. The van der Waals surface area contributed by atoms with Crippen LogP contribution in [0.3, 0.4) is 0 Å². The molecule has 0 fully saturated rings. The SMILES string of the molecule is CCCCC[N+](CC)=C1C=CC2C(=C1)Oc1cc(C)c(Nc3ccccc3)cc1C2c1ccccc1C(=O)O. The molecule has 1 aliphatic heterocycles. The summed E-state index contributed by atoms with van der Waals surface area (Å²) in [5.74, 6) is 0.421. The lowest BCUT2D eigenvalue weighted by Gasteiger charge is -2.36. The van der Waals surface area contributed by atoms with Crippen molar-refractivity contribution in [3.8, 4) is 5.75 Å². The first-order valence-electron chi connectivity index (χ1n) is 14.0. The quantitative estimate of drug-likeness (QED) is 0.224. The summed E-state index contributed by atoms with van der Waals surface area (Å²) in [6.07, 6.45) is 10.1. The molecule has 0 amide bonds. The monoisotopic (exact) mass is 521 g/mol. The van der Waals surface area contributed by atoms with Crippen molar-refractivity contribution >= 4 is 23.1 Å². The Morgan fingerprint density at radius 3 is 2.51 bits per heavy atom. The summed E-state index contributed by atoms with van der Waals surface area (Å²) in [6.45, 7) is 8.41. The number of nitrogens with one attached hydrogen (secondary N) is 1. The van der Waals surface area contributed by atoms with E-state index in [1.807, 2.05) is 42.5 Å². The van der Waals surface area contributed by atoms with Gasteiger partial charge in [0.05, 0.1) is 5.56 Å². The van der Waals surface area contributed by atoms with Crippen molar-refractivity contribution in [2.45, 2.75) is 46.0 Å². The summed E-state index contributed by atoms with van der Waals surface area (Å²) >= 11 is 0. The Morgan fingerprint density at radius 1 is 1.00 bits per heavy atom. The molecule has 39 heavy (non-hydrogen) atoms. The number of hydrogen-bond donors (Lipinski definition) is 2. The fourth-order valence-corrected chi connectivity index (χ4v) is 5.66. The molecule has 2 unspecified atom stereocenters. The van der Waals surface area contributed by atoms with E-state index in [-0.39, 0.29) is 11.8 Å². The summed E-state index contributed by atoms with van der Waals surface area (Å²) in [5.41, 5.74) is 6.29. The third-order valence-electron chi connectivity index (χ3n) is 7.73. The third-order valence-corrected chi connectivity index (χ3v) is 7.73. The highest BCUT2D eigenvalue weighted by atomic mass is 16.5. The molecule has 0 bridgehead atoms. The molecular formula is C34H37N2O3+. The van der Waals surface area contributed by atoms with Crippen molar-refractivity contribution < 1.29 is 19.2 Å². The predicted octanol–water partition coefficient (Wildman–Crippen LogP) is 7.69. The first-order chi connectivity index (χ1) is 19.0. The van der Waals surface area contributed by atoms with Crippen LogP contribution in [0.5, 0.6) is 5.75 Å². The van der Waals surface area contributed by atoms with Gasteiger partial charge in [-0.2, -0.15) is 0 Å². The number of allylic oxidation sites excluding steroid dienone is 3. The molecule has 2 aliphatic rings. The Labute approximate surface area is 231 Å². The second kappa shape index (κ2) is 11.7. The first kappa shape index (κ1) is 26.5. The number of rotatable bonds is 9. The fourth-order valence-electron chi connectivity index (χ4n) is 5.66. The maximum absolute atomic E-state index is 12.3. The summed E-state index contributed by atoms with van der Waals surface area (Å²) in [7, 11) is 0. The number of carbonyl (C=O) groups is 1. The number of aryl methyl sites for hydroxylation is 1. The number of hydrogen-bond acceptors (Lipinski definition) is 3. The standard InChI is InChI=1S/C34H36N2O3/c1-4-6-12-19-36(5-2)25-17-18-28-32(21-25)39-31-20-23(3)30(35-24-13-8-7-9-14-24)22-29(31)33(28)26-15-10-11-16-27(26)34(37)38/h7-11,13-18,20-22,28,33,35H,4-6,12,19H2,1-3H3/p+1.